The van der Waals surface area contributed by atoms with E-state index in [0.717, 1.165) is 11.1 Å². The lowest BCUT2D eigenvalue weighted by atomic mass is 10.0. The van der Waals surface area contributed by atoms with Crippen molar-refractivity contribution in [3.8, 4) is 0 Å². The van der Waals surface area contributed by atoms with Crippen molar-refractivity contribution in [3.05, 3.63) is 83.6 Å². The molecule has 0 saturated carbocycles. The van der Waals surface area contributed by atoms with E-state index in [2.05, 4.69) is 10.6 Å². The van der Waals surface area contributed by atoms with Gasteiger partial charge in [0.1, 0.15) is 24.4 Å². The van der Waals surface area contributed by atoms with Gasteiger partial charge in [-0.25, -0.2) is 4.79 Å². The Balaban J connectivity index is 1.50. The molecule has 212 valence electrons. The molecule has 2 fully saturated rings. The minimum atomic E-state index is -1.09. The Morgan fingerprint density at radius 3 is 2.27 bits per heavy atom. The van der Waals surface area contributed by atoms with Gasteiger partial charge >= 0.3 is 5.97 Å². The minimum absolute atomic E-state index is 0.0704. The molecule has 2 aromatic rings. The van der Waals surface area contributed by atoms with Crippen LogP contribution in [0.2, 0.25) is 0 Å². The van der Waals surface area contributed by atoms with Gasteiger partial charge in [-0.05, 0) is 29.5 Å². The van der Waals surface area contributed by atoms with Crippen LogP contribution in [-0.4, -0.2) is 64.7 Å². The van der Waals surface area contributed by atoms with Gasteiger partial charge in [-0.3, -0.25) is 19.3 Å². The number of carbonyl (C=O) groups is 4. The number of hydrogen-bond donors (Lipinski definition) is 3. The van der Waals surface area contributed by atoms with Crippen molar-refractivity contribution >= 4 is 23.7 Å². The van der Waals surface area contributed by atoms with E-state index in [0.29, 0.717) is 6.42 Å². The largest absolute Gasteiger partial charge is 0.472 e. The summed E-state index contributed by atoms with van der Waals surface area (Å²) in [6.07, 6.45) is 1.40. The second-order valence-electron chi connectivity index (χ2n) is 10.3. The van der Waals surface area contributed by atoms with Gasteiger partial charge < -0.3 is 25.2 Å². The summed E-state index contributed by atoms with van der Waals surface area (Å²) in [5.74, 6) is -1.75. The maximum Gasteiger partial charge on any atom is 0.328 e. The van der Waals surface area contributed by atoms with Crippen LogP contribution in [0.5, 0.6) is 0 Å². The Morgan fingerprint density at radius 2 is 1.68 bits per heavy atom. The summed E-state index contributed by atoms with van der Waals surface area (Å²) >= 11 is 0. The van der Waals surface area contributed by atoms with Crippen LogP contribution in [0, 0.1) is 5.92 Å². The molecule has 2 aromatic carbocycles. The van der Waals surface area contributed by atoms with E-state index >= 15 is 0 Å². The maximum atomic E-state index is 13.6. The van der Waals surface area contributed by atoms with Crippen LogP contribution in [0.15, 0.2) is 72.5 Å². The molecule has 3 amide bonds. The highest BCUT2D eigenvalue weighted by atomic mass is 16.5. The molecule has 2 aliphatic rings. The molecule has 0 radical (unpaired) electrons. The fourth-order valence-corrected chi connectivity index (χ4v) is 4.77. The van der Waals surface area contributed by atoms with Gasteiger partial charge in [0.2, 0.25) is 11.8 Å². The third-order valence-electron chi connectivity index (χ3n) is 6.76. The summed E-state index contributed by atoms with van der Waals surface area (Å²) in [4.78, 5) is 53.6. The second-order valence-corrected chi connectivity index (χ2v) is 10.3. The van der Waals surface area contributed by atoms with Crippen LogP contribution >= 0.6 is 0 Å². The number of β-lactam (4-membered cyclic amide) rings is 1. The van der Waals surface area contributed by atoms with Crippen LogP contribution in [0.25, 0.3) is 0 Å². The summed E-state index contributed by atoms with van der Waals surface area (Å²) in [5.41, 5.74) is 1.62. The van der Waals surface area contributed by atoms with Crippen molar-refractivity contribution in [1.82, 2.24) is 15.5 Å². The number of nitrogens with one attached hydrogen (secondary N) is 2. The summed E-state index contributed by atoms with van der Waals surface area (Å²) in [6, 6.07) is 15.3. The maximum absolute atomic E-state index is 13.6. The molecule has 4 atom stereocenters. The highest BCUT2D eigenvalue weighted by Gasteiger charge is 2.53. The number of hydrogen-bond acceptors (Lipinski definition) is 7. The Bertz CT molecular complexity index is 1230. The summed E-state index contributed by atoms with van der Waals surface area (Å²) in [7, 11) is 0. The van der Waals surface area contributed by atoms with E-state index in [-0.39, 0.29) is 43.6 Å². The number of amides is 3. The Morgan fingerprint density at radius 1 is 1.02 bits per heavy atom. The molecule has 3 N–H and O–H groups in total. The van der Waals surface area contributed by atoms with Crippen molar-refractivity contribution in [1.29, 1.82) is 0 Å². The van der Waals surface area contributed by atoms with Gasteiger partial charge in [0.15, 0.2) is 12.3 Å². The van der Waals surface area contributed by atoms with Crippen molar-refractivity contribution in [2.45, 2.75) is 64.1 Å². The first kappa shape index (κ1) is 28.8. The third kappa shape index (κ3) is 7.06. The van der Waals surface area contributed by atoms with Gasteiger partial charge in [0.05, 0.1) is 13.0 Å². The van der Waals surface area contributed by atoms with Gasteiger partial charge in [-0.2, -0.15) is 0 Å². The van der Waals surface area contributed by atoms with Crippen molar-refractivity contribution in [2.75, 3.05) is 6.61 Å². The zero-order valence-electron chi connectivity index (χ0n) is 22.6. The molecule has 4 rings (SSSR count). The molecule has 10 heteroatoms. The first-order chi connectivity index (χ1) is 19.3. The van der Waals surface area contributed by atoms with Crippen molar-refractivity contribution in [2.24, 2.45) is 5.92 Å². The van der Waals surface area contributed by atoms with E-state index in [4.69, 9.17) is 9.47 Å². The smallest absolute Gasteiger partial charge is 0.328 e. The Hall–Kier alpha value is -4.18. The van der Waals surface area contributed by atoms with E-state index in [1.807, 2.05) is 74.5 Å². The molecular weight excluding hydrogens is 514 g/mol. The lowest BCUT2D eigenvalue weighted by Gasteiger charge is -2.34. The minimum Gasteiger partial charge on any atom is -0.472 e. The number of aliphatic hydroxyl groups is 1. The number of benzene rings is 2. The van der Waals surface area contributed by atoms with Crippen molar-refractivity contribution in [3.63, 3.8) is 0 Å². The van der Waals surface area contributed by atoms with Crippen LogP contribution in [0.3, 0.4) is 0 Å². The van der Waals surface area contributed by atoms with Crippen LogP contribution in [0.4, 0.5) is 0 Å². The lowest BCUT2D eigenvalue weighted by Crippen LogP contribution is -2.60. The van der Waals surface area contributed by atoms with Gasteiger partial charge in [0, 0.05) is 6.42 Å². The number of aliphatic hydroxyl groups excluding tert-OH is 1. The zero-order valence-corrected chi connectivity index (χ0v) is 22.6. The molecule has 0 aromatic heterocycles. The lowest BCUT2D eigenvalue weighted by molar-refractivity contribution is -0.159. The monoisotopic (exact) mass is 549 g/mol. The van der Waals surface area contributed by atoms with Gasteiger partial charge in [-0.15, -0.1) is 0 Å². The molecule has 2 saturated heterocycles. The summed E-state index contributed by atoms with van der Waals surface area (Å²) in [5, 5.41) is 14.9. The Kier molecular flexibility index (Phi) is 9.55. The molecule has 40 heavy (non-hydrogen) atoms. The summed E-state index contributed by atoms with van der Waals surface area (Å²) in [6.45, 7) is 3.57. The van der Waals surface area contributed by atoms with E-state index in [1.54, 1.807) is 0 Å². The molecule has 0 aliphatic carbocycles. The average Bonchev–Trinajstić information content (AvgIpc) is 3.23. The number of ether oxygens (including phenoxy) is 2. The highest BCUT2D eigenvalue weighted by Crippen LogP contribution is 2.36. The standard InChI is InChI=1S/C30H35N3O7/c1-19(2)15-23(30(38)39-18-21-11-7-4-8-12-21)32-28(36)22(16-20-9-5-3-6-10-20)31-29(37)27-24(13-14-34)40-26-17-25(35)33(26)27/h3-13,19,22-23,26-27,34H,14-18H2,1-2H3,(H,31,37)(H,32,36)/b24-13-/t22-,23-,26+,27+/m0/s1. The van der Waals surface area contributed by atoms with E-state index in [9.17, 15) is 24.3 Å². The van der Waals surface area contributed by atoms with Gasteiger partial charge in [-0.1, -0.05) is 74.5 Å². The predicted molar refractivity (Wildman–Crippen MR) is 145 cm³/mol. The van der Waals surface area contributed by atoms with E-state index in [1.165, 1.54) is 11.0 Å². The number of rotatable bonds is 12. The van der Waals surface area contributed by atoms with E-state index < -0.39 is 42.1 Å². The Labute approximate surface area is 233 Å². The molecule has 0 bridgehead atoms. The number of carbonyl (C=O) groups excluding carboxylic acids is 4. The van der Waals surface area contributed by atoms with Crippen LogP contribution in [0.1, 0.15) is 37.8 Å². The molecular formula is C30H35N3O7. The number of nitrogens with zero attached hydrogens (tertiary/aromatic N) is 1. The first-order valence-corrected chi connectivity index (χ1v) is 13.4. The predicted octanol–water partition coefficient (Wildman–Crippen LogP) is 1.82. The molecule has 2 heterocycles. The molecule has 2 aliphatic heterocycles. The topological polar surface area (TPSA) is 134 Å². The fraction of sp³-hybridized carbons (Fsp3) is 0.400. The third-order valence-corrected chi connectivity index (χ3v) is 6.76. The average molecular weight is 550 g/mol. The second kappa shape index (κ2) is 13.3. The van der Waals surface area contributed by atoms with Gasteiger partial charge in [0.25, 0.3) is 5.91 Å². The number of fused-ring (bicyclic) bond motifs is 1. The number of esters is 1. The normalized spacial score (nSPS) is 20.2. The van der Waals surface area contributed by atoms with Crippen molar-refractivity contribution < 1.29 is 33.8 Å². The molecule has 10 nitrogen and oxygen atoms in total. The fourth-order valence-electron chi connectivity index (χ4n) is 4.77. The summed E-state index contributed by atoms with van der Waals surface area (Å²) < 4.78 is 11.2. The molecule has 0 unspecified atom stereocenters. The molecule has 0 spiro atoms. The SMILES string of the molecule is CC(C)C[C@H](NC(=O)[C@H](Cc1ccccc1)NC(=O)[C@H]1/C(=C/CO)O[C@@H]2CC(=O)N21)C(=O)OCc1ccccc1. The first-order valence-electron chi connectivity index (χ1n) is 13.4. The van der Waals surface area contributed by atoms with Crippen LogP contribution in [-0.2, 0) is 41.7 Å². The highest BCUT2D eigenvalue weighted by molar-refractivity contribution is 5.97. The quantitative estimate of drug-likeness (QED) is 0.272. The zero-order chi connectivity index (χ0) is 28.6. The van der Waals surface area contributed by atoms with Crippen LogP contribution < -0.4 is 10.6 Å².